The van der Waals surface area contributed by atoms with Crippen molar-refractivity contribution in [1.29, 1.82) is 0 Å². The average Bonchev–Trinajstić information content (AvgIpc) is 3.03. The maximum Gasteiger partial charge on any atom is 0.333 e. The molecule has 6 nitrogen and oxygen atoms in total. The van der Waals surface area contributed by atoms with E-state index in [1.54, 1.807) is 37.3 Å². The van der Waals surface area contributed by atoms with E-state index in [2.05, 4.69) is 0 Å². The number of carbonyl (C=O) groups excluding carboxylic acids is 2. The van der Waals surface area contributed by atoms with Crippen LogP contribution in [0.3, 0.4) is 0 Å². The Bertz CT molecular complexity index is 1290. The Morgan fingerprint density at radius 2 is 1.75 bits per heavy atom. The maximum absolute atomic E-state index is 13.1. The Labute approximate surface area is 194 Å². The Kier molecular flexibility index (Phi) is 7.66. The molecule has 0 aliphatic rings. The number of hydrogen-bond acceptors (Lipinski definition) is 6. The molecular formula is C24H23ClN2O4S. The summed E-state index contributed by atoms with van der Waals surface area (Å²) in [4.78, 5) is 39.9. The number of ether oxygens (including phenoxy) is 1. The van der Waals surface area contributed by atoms with E-state index in [1.807, 2.05) is 43.3 Å². The molecule has 0 aliphatic carbocycles. The maximum atomic E-state index is 13.1. The van der Waals surface area contributed by atoms with Crippen molar-refractivity contribution >= 4 is 52.5 Å². The van der Waals surface area contributed by atoms with E-state index in [1.165, 1.54) is 10.6 Å². The lowest BCUT2D eigenvalue weighted by atomic mass is 10.1. The molecule has 0 aliphatic heterocycles. The highest BCUT2D eigenvalue weighted by Gasteiger charge is 2.13. The number of halogens is 1. The number of rotatable bonds is 7. The van der Waals surface area contributed by atoms with Crippen LogP contribution in [0.5, 0.6) is 0 Å². The van der Waals surface area contributed by atoms with Crippen molar-refractivity contribution in [3.8, 4) is 0 Å². The molecule has 0 saturated carbocycles. The lowest BCUT2D eigenvalue weighted by molar-refractivity contribution is -0.135. The number of nitrogens with zero attached hydrogens (tertiary/aromatic N) is 2. The zero-order chi connectivity index (χ0) is 23.3. The second-order valence-electron chi connectivity index (χ2n) is 7.15. The third-order valence-corrected chi connectivity index (χ3v) is 5.95. The van der Waals surface area contributed by atoms with Crippen LogP contribution in [0, 0.1) is 0 Å². The van der Waals surface area contributed by atoms with Crippen LogP contribution in [0.15, 0.2) is 53.3 Å². The summed E-state index contributed by atoms with van der Waals surface area (Å²) in [7, 11) is 3.90. The van der Waals surface area contributed by atoms with Gasteiger partial charge < -0.3 is 9.64 Å². The summed E-state index contributed by atoms with van der Waals surface area (Å²) in [5.74, 6) is -0.828. The SMILES string of the molecule is CCOC(=O)/C=c1\s/c(=C\c2ccc(N(C)C)cc2)c(=O)n1CC(=O)c1ccc(Cl)cc1. The zero-order valence-corrected chi connectivity index (χ0v) is 19.6. The molecule has 0 atom stereocenters. The molecule has 32 heavy (non-hydrogen) atoms. The van der Waals surface area contributed by atoms with Gasteiger partial charge in [0, 0.05) is 30.4 Å². The van der Waals surface area contributed by atoms with E-state index in [9.17, 15) is 14.4 Å². The van der Waals surface area contributed by atoms with Crippen molar-refractivity contribution in [3.63, 3.8) is 0 Å². The number of ketones is 1. The molecule has 2 aromatic carbocycles. The minimum atomic E-state index is -0.566. The highest BCUT2D eigenvalue weighted by atomic mass is 35.5. The lowest BCUT2D eigenvalue weighted by Gasteiger charge is -2.11. The summed E-state index contributed by atoms with van der Waals surface area (Å²) in [6.07, 6.45) is 3.00. The smallest absolute Gasteiger partial charge is 0.333 e. The fraction of sp³-hybridized carbons (Fsp3) is 0.208. The molecule has 1 aromatic heterocycles. The van der Waals surface area contributed by atoms with Gasteiger partial charge in [0.15, 0.2) is 5.78 Å². The Balaban J connectivity index is 2.05. The molecular weight excluding hydrogens is 448 g/mol. The summed E-state index contributed by atoms with van der Waals surface area (Å²) >= 11 is 7.03. The molecule has 3 aromatic rings. The van der Waals surface area contributed by atoms with E-state index in [4.69, 9.17) is 16.3 Å². The second-order valence-corrected chi connectivity index (χ2v) is 8.65. The van der Waals surface area contributed by atoms with Gasteiger partial charge in [0.2, 0.25) is 0 Å². The minimum absolute atomic E-state index is 0.199. The molecule has 8 heteroatoms. The van der Waals surface area contributed by atoms with Gasteiger partial charge in [0.1, 0.15) is 4.66 Å². The molecule has 0 saturated heterocycles. The molecule has 166 valence electrons. The van der Waals surface area contributed by atoms with Crippen LogP contribution in [-0.4, -0.2) is 37.0 Å². The van der Waals surface area contributed by atoms with Crippen molar-refractivity contribution < 1.29 is 14.3 Å². The normalized spacial score (nSPS) is 12.1. The number of Topliss-reactive ketones (excluding diaryl/α,β-unsaturated/α-hetero) is 1. The molecule has 0 N–H and O–H groups in total. The topological polar surface area (TPSA) is 68.6 Å². The third-order valence-electron chi connectivity index (χ3n) is 4.64. The molecule has 0 fully saturated rings. The van der Waals surface area contributed by atoms with Gasteiger partial charge in [-0.25, -0.2) is 4.79 Å². The van der Waals surface area contributed by atoms with E-state index >= 15 is 0 Å². The second kappa shape index (κ2) is 10.4. The number of aromatic nitrogens is 1. The standard InChI is InChI=1S/C24H23ClN2O4S/c1-4-31-23(29)14-22-27(15-20(28)17-7-9-18(25)10-8-17)24(30)21(32-22)13-16-5-11-19(12-6-16)26(2)3/h5-14H,4,15H2,1-3H3/b21-13-,22-14-. The predicted octanol–water partition coefficient (Wildman–Crippen LogP) is 2.68. The molecule has 1 heterocycles. The number of benzene rings is 2. The first-order chi connectivity index (χ1) is 15.3. The van der Waals surface area contributed by atoms with Crippen LogP contribution in [0.4, 0.5) is 5.69 Å². The summed E-state index contributed by atoms with van der Waals surface area (Å²) < 4.78 is 7.07. The monoisotopic (exact) mass is 470 g/mol. The van der Waals surface area contributed by atoms with Crippen molar-refractivity contribution in [1.82, 2.24) is 4.57 Å². The first-order valence-corrected chi connectivity index (χ1v) is 11.1. The quantitative estimate of drug-likeness (QED) is 0.392. The minimum Gasteiger partial charge on any atom is -0.463 e. The zero-order valence-electron chi connectivity index (χ0n) is 18.0. The van der Waals surface area contributed by atoms with E-state index in [-0.39, 0.29) is 24.5 Å². The summed E-state index contributed by atoms with van der Waals surface area (Å²) in [5.41, 5.74) is 1.97. The number of carbonyl (C=O) groups is 2. The van der Waals surface area contributed by atoms with Gasteiger partial charge in [-0.05, 0) is 55.0 Å². The van der Waals surface area contributed by atoms with Gasteiger partial charge >= 0.3 is 5.97 Å². The van der Waals surface area contributed by atoms with Crippen LogP contribution < -0.4 is 19.7 Å². The van der Waals surface area contributed by atoms with Crippen LogP contribution in [0.1, 0.15) is 22.8 Å². The van der Waals surface area contributed by atoms with Crippen LogP contribution in [0.25, 0.3) is 12.2 Å². The van der Waals surface area contributed by atoms with Gasteiger partial charge in [-0.3, -0.25) is 14.2 Å². The van der Waals surface area contributed by atoms with Crippen LogP contribution in [0.2, 0.25) is 5.02 Å². The Morgan fingerprint density at radius 3 is 2.34 bits per heavy atom. The highest BCUT2D eigenvalue weighted by Crippen LogP contribution is 2.12. The summed E-state index contributed by atoms with van der Waals surface area (Å²) in [6, 6.07) is 14.2. The van der Waals surface area contributed by atoms with Gasteiger partial charge in [0.05, 0.1) is 23.8 Å². The molecule has 0 radical (unpaired) electrons. The average molecular weight is 471 g/mol. The highest BCUT2D eigenvalue weighted by molar-refractivity contribution is 7.07. The van der Waals surface area contributed by atoms with Crippen molar-refractivity contribution in [2.24, 2.45) is 0 Å². The number of esters is 1. The summed E-state index contributed by atoms with van der Waals surface area (Å²) in [5, 5.41) is 0.516. The summed E-state index contributed by atoms with van der Waals surface area (Å²) in [6.45, 7) is 1.72. The van der Waals surface area contributed by atoms with E-state index in [0.717, 1.165) is 22.6 Å². The molecule has 3 rings (SSSR count). The van der Waals surface area contributed by atoms with Crippen molar-refractivity contribution in [2.45, 2.75) is 13.5 Å². The molecule has 0 spiro atoms. The number of hydrogen-bond donors (Lipinski definition) is 0. The number of anilines is 1. The van der Waals surface area contributed by atoms with Crippen LogP contribution >= 0.6 is 22.9 Å². The fourth-order valence-corrected chi connectivity index (χ4v) is 4.12. The Hall–Kier alpha value is -3.16. The van der Waals surface area contributed by atoms with Crippen LogP contribution in [-0.2, 0) is 16.1 Å². The number of thiazole rings is 1. The third kappa shape index (κ3) is 5.75. The van der Waals surface area contributed by atoms with Gasteiger partial charge in [0.25, 0.3) is 5.56 Å². The van der Waals surface area contributed by atoms with Gasteiger partial charge in [-0.1, -0.05) is 23.7 Å². The van der Waals surface area contributed by atoms with Gasteiger partial charge in [-0.2, -0.15) is 0 Å². The molecule has 0 unspecified atom stereocenters. The lowest BCUT2D eigenvalue weighted by Crippen LogP contribution is -2.34. The van der Waals surface area contributed by atoms with Crippen molar-refractivity contribution in [3.05, 3.63) is 84.2 Å². The first kappa shape index (κ1) is 23.5. The first-order valence-electron chi connectivity index (χ1n) is 9.94. The molecule has 0 bridgehead atoms. The van der Waals surface area contributed by atoms with E-state index < -0.39 is 5.97 Å². The van der Waals surface area contributed by atoms with Gasteiger partial charge in [-0.15, -0.1) is 11.3 Å². The fourth-order valence-electron chi connectivity index (χ4n) is 2.97. The predicted molar refractivity (Wildman–Crippen MR) is 129 cm³/mol. The van der Waals surface area contributed by atoms with Crippen molar-refractivity contribution in [2.75, 3.05) is 25.6 Å². The Morgan fingerprint density at radius 1 is 1.09 bits per heavy atom. The largest absolute Gasteiger partial charge is 0.463 e. The van der Waals surface area contributed by atoms with E-state index in [0.29, 0.717) is 19.8 Å². The molecule has 0 amide bonds.